The molecule has 0 aromatic heterocycles. The molecule has 5 nitrogen and oxygen atoms in total. The van der Waals surface area contributed by atoms with Crippen LogP contribution in [0.2, 0.25) is 0 Å². The normalized spacial score (nSPS) is 39.9. The van der Waals surface area contributed by atoms with E-state index in [4.69, 9.17) is 0 Å². The summed E-state index contributed by atoms with van der Waals surface area (Å²) in [5.41, 5.74) is 0. The van der Waals surface area contributed by atoms with Crippen LogP contribution in [-0.4, -0.2) is 59.9 Å². The zero-order chi connectivity index (χ0) is 12.7. The highest BCUT2D eigenvalue weighted by Gasteiger charge is 2.43. The second kappa shape index (κ2) is 4.53. The molecule has 4 aliphatic rings. The van der Waals surface area contributed by atoms with Crippen molar-refractivity contribution in [1.29, 1.82) is 0 Å². The third-order valence-electron chi connectivity index (χ3n) is 4.66. The Bertz CT molecular complexity index is 363. The van der Waals surface area contributed by atoms with E-state index in [1.807, 2.05) is 11.8 Å². The minimum Gasteiger partial charge on any atom is -0.343 e. The molecule has 100 valence electrons. The fourth-order valence-corrected chi connectivity index (χ4v) is 3.58. The van der Waals surface area contributed by atoms with Gasteiger partial charge in [0.2, 0.25) is 11.8 Å². The molecular formula is C13H21N3O2. The number of carbonyl (C=O) groups is 2. The maximum Gasteiger partial charge on any atom is 0.245 e. The zero-order valence-corrected chi connectivity index (χ0v) is 10.9. The van der Waals surface area contributed by atoms with E-state index in [9.17, 15) is 9.59 Å². The van der Waals surface area contributed by atoms with E-state index in [1.54, 1.807) is 0 Å². The van der Waals surface area contributed by atoms with Gasteiger partial charge in [-0.3, -0.25) is 9.59 Å². The maximum absolute atomic E-state index is 12.4. The van der Waals surface area contributed by atoms with E-state index in [0.717, 1.165) is 19.6 Å². The number of fused-ring (bicyclic) bond motifs is 3. The van der Waals surface area contributed by atoms with Gasteiger partial charge in [-0.25, -0.2) is 0 Å². The van der Waals surface area contributed by atoms with Crippen molar-refractivity contribution in [3.63, 3.8) is 0 Å². The Hall–Kier alpha value is -1.10. The van der Waals surface area contributed by atoms with Gasteiger partial charge in [0.05, 0.1) is 6.54 Å². The lowest BCUT2D eigenvalue weighted by molar-refractivity contribution is -0.150. The van der Waals surface area contributed by atoms with Crippen molar-refractivity contribution in [2.45, 2.75) is 38.3 Å². The van der Waals surface area contributed by atoms with Crippen LogP contribution in [0.4, 0.5) is 0 Å². The summed E-state index contributed by atoms with van der Waals surface area (Å²) in [5.74, 6) is 0.719. The number of nitrogens with one attached hydrogen (secondary N) is 1. The summed E-state index contributed by atoms with van der Waals surface area (Å²) in [6.07, 6.45) is 3.03. The highest BCUT2D eigenvalue weighted by Crippen LogP contribution is 2.31. The van der Waals surface area contributed by atoms with E-state index in [0.29, 0.717) is 12.3 Å². The van der Waals surface area contributed by atoms with E-state index in [2.05, 4.69) is 10.2 Å². The predicted molar refractivity (Wildman–Crippen MR) is 66.9 cm³/mol. The molecule has 2 unspecified atom stereocenters. The zero-order valence-electron chi connectivity index (χ0n) is 10.9. The van der Waals surface area contributed by atoms with Gasteiger partial charge in [-0.15, -0.1) is 0 Å². The standard InChI is InChI=1S/C13H21N3O2/c1-2-10-13(18)16(8-12(17)14-10)11-7-15-5-3-9(11)4-6-15/h9-11H,2-8H2,1H3,(H,14,17). The Morgan fingerprint density at radius 1 is 1.28 bits per heavy atom. The molecule has 0 aliphatic carbocycles. The second-order valence-corrected chi connectivity index (χ2v) is 5.70. The molecule has 4 rings (SSSR count). The van der Waals surface area contributed by atoms with Crippen molar-refractivity contribution >= 4 is 11.8 Å². The summed E-state index contributed by atoms with van der Waals surface area (Å²) >= 11 is 0. The van der Waals surface area contributed by atoms with Crippen LogP contribution in [0.25, 0.3) is 0 Å². The molecule has 5 heteroatoms. The minimum absolute atomic E-state index is 0.00195. The smallest absolute Gasteiger partial charge is 0.245 e. The molecule has 2 atom stereocenters. The lowest BCUT2D eigenvalue weighted by Crippen LogP contribution is -2.66. The molecule has 2 bridgehead atoms. The van der Waals surface area contributed by atoms with Crippen molar-refractivity contribution in [3.05, 3.63) is 0 Å². The van der Waals surface area contributed by atoms with E-state index in [-0.39, 0.29) is 30.4 Å². The van der Waals surface area contributed by atoms with Gasteiger partial charge < -0.3 is 15.1 Å². The maximum atomic E-state index is 12.4. The second-order valence-electron chi connectivity index (χ2n) is 5.70. The summed E-state index contributed by atoms with van der Waals surface area (Å²) in [7, 11) is 0. The Labute approximate surface area is 107 Å². The highest BCUT2D eigenvalue weighted by atomic mass is 16.2. The van der Waals surface area contributed by atoms with Crippen molar-refractivity contribution in [2.75, 3.05) is 26.2 Å². The summed E-state index contributed by atoms with van der Waals surface area (Å²) in [5, 5.41) is 2.79. The fourth-order valence-electron chi connectivity index (χ4n) is 3.58. The van der Waals surface area contributed by atoms with Crippen LogP contribution in [0.5, 0.6) is 0 Å². The lowest BCUT2D eigenvalue weighted by atomic mass is 9.82. The van der Waals surface area contributed by atoms with Gasteiger partial charge in [0.15, 0.2) is 0 Å². The van der Waals surface area contributed by atoms with Crippen molar-refractivity contribution in [2.24, 2.45) is 5.92 Å². The molecule has 0 radical (unpaired) electrons. The average Bonchev–Trinajstić information content (AvgIpc) is 2.42. The van der Waals surface area contributed by atoms with E-state index in [1.165, 1.54) is 12.8 Å². The van der Waals surface area contributed by atoms with Gasteiger partial charge in [-0.2, -0.15) is 0 Å². The van der Waals surface area contributed by atoms with Crippen LogP contribution in [0.1, 0.15) is 26.2 Å². The van der Waals surface area contributed by atoms with Gasteiger partial charge >= 0.3 is 0 Å². The largest absolute Gasteiger partial charge is 0.343 e. The molecule has 4 fully saturated rings. The first-order valence-corrected chi connectivity index (χ1v) is 7.01. The first-order valence-electron chi connectivity index (χ1n) is 7.01. The summed E-state index contributed by atoms with van der Waals surface area (Å²) in [4.78, 5) is 28.4. The van der Waals surface area contributed by atoms with Crippen LogP contribution in [0.3, 0.4) is 0 Å². The number of nitrogens with zero attached hydrogens (tertiary/aromatic N) is 2. The molecule has 1 N–H and O–H groups in total. The first-order chi connectivity index (χ1) is 8.69. The van der Waals surface area contributed by atoms with Crippen molar-refractivity contribution in [3.8, 4) is 0 Å². The number of hydrogen-bond acceptors (Lipinski definition) is 3. The molecule has 2 amide bonds. The van der Waals surface area contributed by atoms with Crippen LogP contribution in [0, 0.1) is 5.92 Å². The summed E-state index contributed by atoms with van der Waals surface area (Å²) in [6.45, 7) is 5.48. The molecule has 18 heavy (non-hydrogen) atoms. The molecule has 4 aliphatic heterocycles. The summed E-state index contributed by atoms with van der Waals surface area (Å²) in [6, 6.07) is -0.0400. The predicted octanol–water partition coefficient (Wildman–Crippen LogP) is -0.182. The molecular weight excluding hydrogens is 230 g/mol. The monoisotopic (exact) mass is 251 g/mol. The lowest BCUT2D eigenvalue weighted by Gasteiger charge is -2.50. The van der Waals surface area contributed by atoms with E-state index >= 15 is 0 Å². The van der Waals surface area contributed by atoms with Gasteiger partial charge in [0, 0.05) is 12.6 Å². The van der Waals surface area contributed by atoms with Crippen LogP contribution in [-0.2, 0) is 9.59 Å². The van der Waals surface area contributed by atoms with Crippen LogP contribution < -0.4 is 5.32 Å². The number of carbonyl (C=O) groups excluding carboxylic acids is 2. The van der Waals surface area contributed by atoms with E-state index < -0.39 is 0 Å². The van der Waals surface area contributed by atoms with Gasteiger partial charge in [0.25, 0.3) is 0 Å². The first kappa shape index (κ1) is 12.0. The molecule has 0 aromatic rings. The van der Waals surface area contributed by atoms with Crippen LogP contribution >= 0.6 is 0 Å². The topological polar surface area (TPSA) is 52.7 Å². The average molecular weight is 251 g/mol. The SMILES string of the molecule is CCC1NC(=O)CN(C2CN3CCC2CC3)C1=O. The van der Waals surface area contributed by atoms with Crippen molar-refractivity contribution < 1.29 is 9.59 Å². The Kier molecular flexibility index (Phi) is 3.01. The number of piperidine rings is 3. The summed E-state index contributed by atoms with van der Waals surface area (Å²) < 4.78 is 0. The number of hydrogen-bond donors (Lipinski definition) is 1. The van der Waals surface area contributed by atoms with Gasteiger partial charge in [-0.1, -0.05) is 6.92 Å². The fraction of sp³-hybridized carbons (Fsp3) is 0.846. The number of amides is 2. The Morgan fingerprint density at radius 2 is 2.00 bits per heavy atom. The molecule has 4 heterocycles. The van der Waals surface area contributed by atoms with Gasteiger partial charge in [0.1, 0.15) is 6.04 Å². The van der Waals surface area contributed by atoms with Crippen molar-refractivity contribution in [1.82, 2.24) is 15.1 Å². The van der Waals surface area contributed by atoms with Crippen LogP contribution in [0.15, 0.2) is 0 Å². The minimum atomic E-state index is -0.304. The quantitative estimate of drug-likeness (QED) is 0.740. The molecule has 0 aromatic carbocycles. The Balaban J connectivity index is 1.78. The number of rotatable bonds is 2. The third kappa shape index (κ3) is 1.90. The molecule has 0 spiro atoms. The number of piperazine rings is 1. The van der Waals surface area contributed by atoms with Gasteiger partial charge in [-0.05, 0) is 38.3 Å². The molecule has 4 saturated heterocycles. The Morgan fingerprint density at radius 3 is 2.56 bits per heavy atom. The third-order valence-corrected chi connectivity index (χ3v) is 4.66. The molecule has 0 saturated carbocycles. The highest BCUT2D eigenvalue weighted by molar-refractivity contribution is 5.95.